The smallest absolute Gasteiger partial charge is 0.407 e. The van der Waals surface area contributed by atoms with Gasteiger partial charge in [0.2, 0.25) is 0 Å². The summed E-state index contributed by atoms with van der Waals surface area (Å²) in [6.45, 7) is 2.72. The molecular formula is C13H17ClN2O4S. The summed E-state index contributed by atoms with van der Waals surface area (Å²) < 4.78 is 5.63. The largest absolute Gasteiger partial charge is 0.466 e. The fourth-order valence-corrected chi connectivity index (χ4v) is 3.35. The van der Waals surface area contributed by atoms with Gasteiger partial charge in [-0.1, -0.05) is 11.6 Å². The molecule has 1 N–H and O–H groups in total. The molecule has 2 heterocycles. The Morgan fingerprint density at radius 2 is 2.19 bits per heavy atom. The highest BCUT2D eigenvalue weighted by atomic mass is 35.5. The van der Waals surface area contributed by atoms with Crippen LogP contribution in [0.15, 0.2) is 5.38 Å². The van der Waals surface area contributed by atoms with E-state index in [1.807, 2.05) is 5.38 Å². The molecule has 0 aliphatic carbocycles. The summed E-state index contributed by atoms with van der Waals surface area (Å²) in [4.78, 5) is 28.9. The maximum atomic E-state index is 12.4. The average Bonchev–Trinajstić information content (AvgIpc) is 2.84. The van der Waals surface area contributed by atoms with Gasteiger partial charge in [0.05, 0.1) is 17.7 Å². The van der Waals surface area contributed by atoms with E-state index in [2.05, 4.69) is 4.98 Å². The Hall–Kier alpha value is -1.34. The van der Waals surface area contributed by atoms with Crippen LogP contribution in [0.25, 0.3) is 0 Å². The Morgan fingerprint density at radius 3 is 2.67 bits per heavy atom. The number of carbonyl (C=O) groups excluding carboxylic acids is 1. The molecule has 2 rings (SSSR count). The summed E-state index contributed by atoms with van der Waals surface area (Å²) in [7, 11) is 0. The molecule has 1 fully saturated rings. The number of halogens is 1. The predicted octanol–water partition coefficient (Wildman–Crippen LogP) is 2.66. The lowest BCUT2D eigenvalue weighted by Gasteiger charge is -2.38. The normalized spacial score (nSPS) is 17.5. The monoisotopic (exact) mass is 332 g/mol. The van der Waals surface area contributed by atoms with Crippen LogP contribution in [0, 0.1) is 5.41 Å². The third kappa shape index (κ3) is 3.65. The maximum absolute atomic E-state index is 12.4. The second-order valence-electron chi connectivity index (χ2n) is 5.04. The minimum Gasteiger partial charge on any atom is -0.466 e. The molecule has 0 spiro atoms. The Balaban J connectivity index is 2.16. The number of esters is 1. The molecule has 0 atom stereocenters. The maximum Gasteiger partial charge on any atom is 0.407 e. The van der Waals surface area contributed by atoms with E-state index in [9.17, 15) is 9.59 Å². The fourth-order valence-electron chi connectivity index (χ4n) is 2.57. The van der Waals surface area contributed by atoms with Crippen LogP contribution in [0.5, 0.6) is 0 Å². The molecule has 1 aliphatic rings. The number of rotatable bonds is 4. The second kappa shape index (κ2) is 6.62. The minimum atomic E-state index is -0.954. The standard InChI is InChI=1S/C13H17ClN2O4S/c1-2-20-10(17)13(7-9-8-21-11(14)15-9)3-5-16(6-4-13)12(18)19/h8H,2-7H2,1H3,(H,18,19). The first-order valence-electron chi connectivity index (χ1n) is 6.72. The molecule has 6 nitrogen and oxygen atoms in total. The first kappa shape index (κ1) is 16.0. The summed E-state index contributed by atoms with van der Waals surface area (Å²) in [6.07, 6.45) is 0.354. The quantitative estimate of drug-likeness (QED) is 0.857. The molecule has 1 aromatic rings. The van der Waals surface area contributed by atoms with Gasteiger partial charge in [-0.15, -0.1) is 11.3 Å². The van der Waals surface area contributed by atoms with Gasteiger partial charge in [-0.3, -0.25) is 4.79 Å². The molecule has 0 aromatic carbocycles. The Labute approximate surface area is 131 Å². The van der Waals surface area contributed by atoms with Gasteiger partial charge in [0.15, 0.2) is 4.47 Å². The lowest BCUT2D eigenvalue weighted by atomic mass is 9.75. The van der Waals surface area contributed by atoms with Crippen molar-refractivity contribution in [2.75, 3.05) is 19.7 Å². The van der Waals surface area contributed by atoms with Crippen molar-refractivity contribution in [1.29, 1.82) is 0 Å². The van der Waals surface area contributed by atoms with Crippen LogP contribution in [-0.2, 0) is 16.0 Å². The summed E-state index contributed by atoms with van der Waals surface area (Å²) in [5.74, 6) is -0.279. The lowest BCUT2D eigenvalue weighted by molar-refractivity contribution is -0.158. The Morgan fingerprint density at radius 1 is 1.52 bits per heavy atom. The van der Waals surface area contributed by atoms with Crippen molar-refractivity contribution in [3.63, 3.8) is 0 Å². The molecular weight excluding hydrogens is 316 g/mol. The predicted molar refractivity (Wildman–Crippen MR) is 78.7 cm³/mol. The number of amides is 1. The van der Waals surface area contributed by atoms with Crippen LogP contribution in [-0.4, -0.2) is 46.7 Å². The van der Waals surface area contributed by atoms with Crippen LogP contribution < -0.4 is 0 Å². The van der Waals surface area contributed by atoms with Crippen LogP contribution in [0.1, 0.15) is 25.5 Å². The fraction of sp³-hybridized carbons (Fsp3) is 0.615. The molecule has 0 saturated carbocycles. The van der Waals surface area contributed by atoms with Crippen LogP contribution in [0.4, 0.5) is 4.79 Å². The van der Waals surface area contributed by atoms with E-state index >= 15 is 0 Å². The zero-order valence-electron chi connectivity index (χ0n) is 11.7. The van der Waals surface area contributed by atoms with Gasteiger partial charge in [0, 0.05) is 24.9 Å². The van der Waals surface area contributed by atoms with Crippen molar-refractivity contribution >= 4 is 35.0 Å². The van der Waals surface area contributed by atoms with E-state index in [0.29, 0.717) is 43.4 Å². The summed E-state index contributed by atoms with van der Waals surface area (Å²) in [5.41, 5.74) is 0.0427. The molecule has 1 aromatic heterocycles. The van der Waals surface area contributed by atoms with E-state index in [4.69, 9.17) is 21.4 Å². The van der Waals surface area contributed by atoms with Gasteiger partial charge in [-0.2, -0.15) is 0 Å². The van der Waals surface area contributed by atoms with Crippen molar-refractivity contribution in [3.05, 3.63) is 15.5 Å². The topological polar surface area (TPSA) is 79.7 Å². The highest BCUT2D eigenvalue weighted by Gasteiger charge is 2.44. The summed E-state index contributed by atoms with van der Waals surface area (Å²) in [6, 6.07) is 0. The summed E-state index contributed by atoms with van der Waals surface area (Å²) in [5, 5.41) is 10.9. The number of ether oxygens (including phenoxy) is 1. The van der Waals surface area contributed by atoms with E-state index in [-0.39, 0.29) is 5.97 Å². The van der Waals surface area contributed by atoms with Gasteiger partial charge >= 0.3 is 12.1 Å². The van der Waals surface area contributed by atoms with E-state index in [0.717, 1.165) is 5.69 Å². The number of likely N-dealkylation sites (tertiary alicyclic amines) is 1. The van der Waals surface area contributed by atoms with Crippen molar-refractivity contribution in [2.45, 2.75) is 26.2 Å². The number of nitrogens with zero attached hydrogens (tertiary/aromatic N) is 2. The average molecular weight is 333 g/mol. The van der Waals surface area contributed by atoms with Crippen molar-refractivity contribution in [2.24, 2.45) is 5.41 Å². The number of aromatic nitrogens is 1. The van der Waals surface area contributed by atoms with E-state index < -0.39 is 11.5 Å². The molecule has 21 heavy (non-hydrogen) atoms. The molecule has 0 unspecified atom stereocenters. The van der Waals surface area contributed by atoms with E-state index in [1.165, 1.54) is 16.2 Å². The number of carboxylic acid groups (broad SMARTS) is 1. The highest BCUT2D eigenvalue weighted by molar-refractivity contribution is 7.13. The minimum absolute atomic E-state index is 0.279. The van der Waals surface area contributed by atoms with E-state index in [1.54, 1.807) is 6.92 Å². The molecule has 0 radical (unpaired) electrons. The van der Waals surface area contributed by atoms with Crippen molar-refractivity contribution < 1.29 is 19.4 Å². The van der Waals surface area contributed by atoms with Gasteiger partial charge in [-0.25, -0.2) is 9.78 Å². The SMILES string of the molecule is CCOC(=O)C1(Cc2csc(Cl)n2)CCN(C(=O)O)CC1. The van der Waals surface area contributed by atoms with Crippen molar-refractivity contribution in [1.82, 2.24) is 9.88 Å². The number of carbonyl (C=O) groups is 2. The zero-order chi connectivity index (χ0) is 15.5. The number of hydrogen-bond donors (Lipinski definition) is 1. The Bertz CT molecular complexity index is 526. The van der Waals surface area contributed by atoms with Crippen molar-refractivity contribution in [3.8, 4) is 0 Å². The number of hydrogen-bond acceptors (Lipinski definition) is 5. The summed E-state index contributed by atoms with van der Waals surface area (Å²) >= 11 is 7.15. The highest BCUT2D eigenvalue weighted by Crippen LogP contribution is 2.37. The molecule has 116 valence electrons. The molecule has 0 bridgehead atoms. The molecule has 1 saturated heterocycles. The third-order valence-electron chi connectivity index (χ3n) is 3.74. The third-order valence-corrected chi connectivity index (χ3v) is 4.77. The first-order valence-corrected chi connectivity index (χ1v) is 7.97. The van der Waals surface area contributed by atoms with Crippen LogP contribution >= 0.6 is 22.9 Å². The van der Waals surface area contributed by atoms with Gasteiger partial charge < -0.3 is 14.7 Å². The second-order valence-corrected chi connectivity index (χ2v) is 6.48. The van der Waals surface area contributed by atoms with Gasteiger partial charge in [0.25, 0.3) is 0 Å². The van der Waals surface area contributed by atoms with Crippen LogP contribution in [0.3, 0.4) is 0 Å². The lowest BCUT2D eigenvalue weighted by Crippen LogP contribution is -2.48. The number of thiazole rings is 1. The number of piperidine rings is 1. The van der Waals surface area contributed by atoms with Crippen LogP contribution in [0.2, 0.25) is 4.47 Å². The van der Waals surface area contributed by atoms with Gasteiger partial charge in [-0.05, 0) is 19.8 Å². The molecule has 1 aliphatic heterocycles. The Kier molecular flexibility index (Phi) is 5.05. The first-order chi connectivity index (χ1) is 9.97. The van der Waals surface area contributed by atoms with Gasteiger partial charge in [0.1, 0.15) is 0 Å². The zero-order valence-corrected chi connectivity index (χ0v) is 13.2. The molecule has 1 amide bonds. The molecule has 8 heteroatoms.